The third-order valence-corrected chi connectivity index (χ3v) is 12.6. The van der Waals surface area contributed by atoms with E-state index < -0.39 is 0 Å². The van der Waals surface area contributed by atoms with Crippen molar-refractivity contribution in [3.8, 4) is 28.2 Å². The molecule has 0 saturated carbocycles. The normalized spacial score (nSPS) is 12.1. The number of aromatic nitrogens is 3. The number of benzene rings is 10. The van der Waals surface area contributed by atoms with Crippen LogP contribution in [0, 0.1) is 0 Å². The molecule has 0 saturated heterocycles. The summed E-state index contributed by atoms with van der Waals surface area (Å²) >= 11 is 0. The number of hydrogen-bond donors (Lipinski definition) is 0. The van der Waals surface area contributed by atoms with Crippen molar-refractivity contribution in [1.82, 2.24) is 13.7 Å². The number of nitrogens with zero attached hydrogens (tertiary/aromatic N) is 3. The van der Waals surface area contributed by atoms with E-state index in [1.807, 2.05) is 0 Å². The Hall–Kier alpha value is -7.88. The average molecular weight is 750 g/mol. The van der Waals surface area contributed by atoms with Crippen molar-refractivity contribution in [2.45, 2.75) is 0 Å². The van der Waals surface area contributed by atoms with Crippen LogP contribution in [0.15, 0.2) is 212 Å². The van der Waals surface area contributed by atoms with Crippen LogP contribution >= 0.6 is 0 Å². The van der Waals surface area contributed by atoms with E-state index in [0.29, 0.717) is 0 Å². The summed E-state index contributed by atoms with van der Waals surface area (Å²) in [7, 11) is 0. The van der Waals surface area contributed by atoms with E-state index in [-0.39, 0.29) is 0 Å². The van der Waals surface area contributed by atoms with Gasteiger partial charge in [-0.1, -0.05) is 146 Å². The molecule has 0 unspecified atom stereocenters. The summed E-state index contributed by atoms with van der Waals surface area (Å²) < 4.78 is 7.35. The molecule has 274 valence electrons. The molecular formula is C56H35N3. The van der Waals surface area contributed by atoms with Gasteiger partial charge in [-0.2, -0.15) is 0 Å². The number of hydrogen-bond acceptors (Lipinski definition) is 0. The van der Waals surface area contributed by atoms with Crippen LogP contribution in [0.3, 0.4) is 0 Å². The Morgan fingerprint density at radius 2 is 0.678 bits per heavy atom. The molecule has 0 radical (unpaired) electrons. The zero-order valence-corrected chi connectivity index (χ0v) is 32.0. The fourth-order valence-electron chi connectivity index (χ4n) is 9.99. The lowest BCUT2D eigenvalue weighted by Crippen LogP contribution is -1.99. The van der Waals surface area contributed by atoms with Crippen LogP contribution in [0.5, 0.6) is 0 Å². The summed E-state index contributed by atoms with van der Waals surface area (Å²) in [6.07, 6.45) is 0. The lowest BCUT2D eigenvalue weighted by molar-refractivity contribution is 1.15. The van der Waals surface area contributed by atoms with Gasteiger partial charge in [0.05, 0.1) is 33.1 Å². The first-order valence-corrected chi connectivity index (χ1v) is 20.4. The number of fused-ring (bicyclic) bond motifs is 13. The van der Waals surface area contributed by atoms with Crippen molar-refractivity contribution >= 4 is 87.0 Å². The predicted molar refractivity (Wildman–Crippen MR) is 250 cm³/mol. The molecule has 13 rings (SSSR count). The fraction of sp³-hybridized carbons (Fsp3) is 0. The Kier molecular flexibility index (Phi) is 6.72. The summed E-state index contributed by atoms with van der Waals surface area (Å²) in [4.78, 5) is 0. The van der Waals surface area contributed by atoms with Gasteiger partial charge in [-0.05, 0) is 99.4 Å². The van der Waals surface area contributed by atoms with Crippen LogP contribution in [0.2, 0.25) is 0 Å². The van der Waals surface area contributed by atoms with Crippen molar-refractivity contribution < 1.29 is 0 Å². The molecule has 3 heterocycles. The van der Waals surface area contributed by atoms with E-state index in [4.69, 9.17) is 0 Å². The highest BCUT2D eigenvalue weighted by atomic mass is 15.0. The second kappa shape index (κ2) is 12.3. The molecular weight excluding hydrogens is 715 g/mol. The zero-order valence-electron chi connectivity index (χ0n) is 32.0. The highest BCUT2D eigenvalue weighted by Gasteiger charge is 2.22. The standard InChI is InChI=1S/C56H35N3/c1-2-13-40(14-3-1)57-51-19-9-8-18-47(51)50-35-38(26-33-54(50)57)36-24-27-41(28-25-36)58-52-20-10-6-16-45(52)48-31-32-49-46-17-7-11-21-53(46)59(56(49)55(48)58)42-29-30-44-39(34-42)23-22-37-12-4-5-15-43(37)44/h1-35H. The third kappa shape index (κ3) is 4.64. The fourth-order valence-corrected chi connectivity index (χ4v) is 9.99. The predicted octanol–water partition coefficient (Wildman–Crippen LogP) is 15.0. The Morgan fingerprint density at radius 3 is 1.37 bits per heavy atom. The zero-order chi connectivity index (χ0) is 38.6. The van der Waals surface area contributed by atoms with Gasteiger partial charge in [-0.3, -0.25) is 0 Å². The highest BCUT2D eigenvalue weighted by Crippen LogP contribution is 2.43. The van der Waals surface area contributed by atoms with Crippen LogP contribution in [-0.4, -0.2) is 13.7 Å². The van der Waals surface area contributed by atoms with Crippen LogP contribution in [0.1, 0.15) is 0 Å². The van der Waals surface area contributed by atoms with Crippen molar-refractivity contribution in [2.24, 2.45) is 0 Å². The molecule has 0 N–H and O–H groups in total. The third-order valence-electron chi connectivity index (χ3n) is 12.6. The molecule has 0 bridgehead atoms. The van der Waals surface area contributed by atoms with E-state index >= 15 is 0 Å². The highest BCUT2D eigenvalue weighted by molar-refractivity contribution is 6.24. The first kappa shape index (κ1) is 32.2. The molecule has 3 heteroatoms. The first-order chi connectivity index (χ1) is 29.3. The Labute approximate surface area is 339 Å². The van der Waals surface area contributed by atoms with E-state index in [9.17, 15) is 0 Å². The minimum absolute atomic E-state index is 1.14. The van der Waals surface area contributed by atoms with Crippen molar-refractivity contribution in [2.75, 3.05) is 0 Å². The maximum absolute atomic E-state index is 2.49. The van der Waals surface area contributed by atoms with E-state index in [1.165, 1.54) is 104 Å². The van der Waals surface area contributed by atoms with Gasteiger partial charge in [0.2, 0.25) is 0 Å². The molecule has 0 atom stereocenters. The average Bonchev–Trinajstić information content (AvgIpc) is 3.95. The monoisotopic (exact) mass is 749 g/mol. The molecule has 0 spiro atoms. The molecule has 0 amide bonds. The number of para-hydroxylation sites is 4. The summed E-state index contributed by atoms with van der Waals surface area (Å²) in [6.45, 7) is 0. The van der Waals surface area contributed by atoms with Gasteiger partial charge in [0.1, 0.15) is 0 Å². The molecule has 13 aromatic rings. The van der Waals surface area contributed by atoms with Crippen molar-refractivity contribution in [1.29, 1.82) is 0 Å². The molecule has 10 aromatic carbocycles. The molecule has 0 aliphatic carbocycles. The van der Waals surface area contributed by atoms with E-state index in [2.05, 4.69) is 226 Å². The van der Waals surface area contributed by atoms with Crippen molar-refractivity contribution in [3.63, 3.8) is 0 Å². The second-order valence-corrected chi connectivity index (χ2v) is 15.7. The van der Waals surface area contributed by atoms with Crippen LogP contribution < -0.4 is 0 Å². The molecule has 0 fully saturated rings. The second-order valence-electron chi connectivity index (χ2n) is 15.7. The van der Waals surface area contributed by atoms with Gasteiger partial charge in [0, 0.05) is 49.4 Å². The molecule has 0 aliphatic rings. The Morgan fingerprint density at radius 1 is 0.220 bits per heavy atom. The van der Waals surface area contributed by atoms with Gasteiger partial charge >= 0.3 is 0 Å². The first-order valence-electron chi connectivity index (χ1n) is 20.4. The molecule has 59 heavy (non-hydrogen) atoms. The summed E-state index contributed by atoms with van der Waals surface area (Å²) in [5, 5.41) is 12.5. The van der Waals surface area contributed by atoms with Crippen LogP contribution in [0.4, 0.5) is 0 Å². The molecule has 0 aliphatic heterocycles. The SMILES string of the molecule is c1ccc(-n2c3ccccc3c3cc(-c4ccc(-n5c6ccccc6c6ccc7c8ccccc8n(-c8ccc9c(ccc%10ccccc%109)c8)c7c65)cc4)ccc32)cc1. The largest absolute Gasteiger partial charge is 0.309 e. The van der Waals surface area contributed by atoms with Gasteiger partial charge < -0.3 is 13.7 Å². The van der Waals surface area contributed by atoms with E-state index in [0.717, 1.165) is 11.4 Å². The lowest BCUT2D eigenvalue weighted by atomic mass is 10.0. The van der Waals surface area contributed by atoms with Gasteiger partial charge in [0.25, 0.3) is 0 Å². The molecule has 3 nitrogen and oxygen atoms in total. The topological polar surface area (TPSA) is 14.8 Å². The lowest BCUT2D eigenvalue weighted by Gasteiger charge is -2.14. The van der Waals surface area contributed by atoms with Gasteiger partial charge in [-0.25, -0.2) is 0 Å². The summed E-state index contributed by atoms with van der Waals surface area (Å²) in [5.74, 6) is 0. The number of rotatable bonds is 4. The smallest absolute Gasteiger partial charge is 0.0788 e. The van der Waals surface area contributed by atoms with Crippen LogP contribution in [-0.2, 0) is 0 Å². The minimum Gasteiger partial charge on any atom is -0.309 e. The van der Waals surface area contributed by atoms with Crippen LogP contribution in [0.25, 0.3) is 115 Å². The van der Waals surface area contributed by atoms with Gasteiger partial charge in [-0.15, -0.1) is 0 Å². The summed E-state index contributed by atoms with van der Waals surface area (Å²) in [5.41, 5.74) is 13.1. The quantitative estimate of drug-likeness (QED) is 0.159. The van der Waals surface area contributed by atoms with E-state index in [1.54, 1.807) is 0 Å². The molecule has 3 aromatic heterocycles. The maximum Gasteiger partial charge on any atom is 0.0788 e. The van der Waals surface area contributed by atoms with Gasteiger partial charge in [0.15, 0.2) is 0 Å². The minimum atomic E-state index is 1.14. The summed E-state index contributed by atoms with van der Waals surface area (Å²) in [6, 6.07) is 78.0. The van der Waals surface area contributed by atoms with Crippen molar-refractivity contribution in [3.05, 3.63) is 212 Å². The Balaban J connectivity index is 1.02. The maximum atomic E-state index is 2.49. The Bertz CT molecular complexity index is 3820.